The Balaban J connectivity index is 1.48. The number of hydrogen-bond acceptors (Lipinski definition) is 5. The predicted molar refractivity (Wildman–Crippen MR) is 110 cm³/mol. The Bertz CT molecular complexity index is 825. The van der Waals surface area contributed by atoms with Crippen LogP contribution in [-0.4, -0.2) is 98.1 Å². The van der Waals surface area contributed by atoms with E-state index in [2.05, 4.69) is 0 Å². The summed E-state index contributed by atoms with van der Waals surface area (Å²) in [4.78, 5) is 30.3. The van der Waals surface area contributed by atoms with Crippen molar-refractivity contribution in [1.82, 2.24) is 19.0 Å². The van der Waals surface area contributed by atoms with E-state index in [1.165, 1.54) is 4.31 Å². The van der Waals surface area contributed by atoms with Crippen LogP contribution in [0.5, 0.6) is 0 Å². The van der Waals surface area contributed by atoms with E-state index in [1.54, 1.807) is 34.1 Å². The van der Waals surface area contributed by atoms with Gasteiger partial charge in [-0.15, -0.1) is 0 Å². The summed E-state index contributed by atoms with van der Waals surface area (Å²) in [6, 6.07) is 6.89. The second-order valence-electron chi connectivity index (χ2n) is 7.61. The van der Waals surface area contributed by atoms with Gasteiger partial charge in [-0.2, -0.15) is 4.31 Å². The van der Waals surface area contributed by atoms with E-state index in [9.17, 15) is 18.0 Å². The van der Waals surface area contributed by atoms with E-state index in [0.717, 1.165) is 5.56 Å². The Morgan fingerprint density at radius 3 is 1.86 bits per heavy atom. The summed E-state index contributed by atoms with van der Waals surface area (Å²) in [6.45, 7) is 8.17. The Kier molecular flexibility index (Phi) is 6.92. The van der Waals surface area contributed by atoms with Crippen LogP contribution in [-0.2, 0) is 19.6 Å². The van der Waals surface area contributed by atoms with E-state index in [1.807, 2.05) is 18.7 Å². The third-order valence-electron chi connectivity index (χ3n) is 5.64. The van der Waals surface area contributed by atoms with Crippen LogP contribution in [0.4, 0.5) is 0 Å². The fourth-order valence-corrected chi connectivity index (χ4v) is 5.13. The second kappa shape index (κ2) is 9.23. The van der Waals surface area contributed by atoms with E-state index < -0.39 is 10.0 Å². The van der Waals surface area contributed by atoms with E-state index in [4.69, 9.17) is 0 Å². The number of benzene rings is 1. The van der Waals surface area contributed by atoms with Gasteiger partial charge in [-0.05, 0) is 19.1 Å². The normalized spacial score (nSPS) is 19.4. The molecular formula is C20H30N4O4S. The molecule has 0 bridgehead atoms. The zero-order valence-electron chi connectivity index (χ0n) is 17.2. The number of carbonyl (C=O) groups is 2. The first-order valence-corrected chi connectivity index (χ1v) is 11.6. The van der Waals surface area contributed by atoms with E-state index >= 15 is 0 Å². The first kappa shape index (κ1) is 21.7. The number of hydrogen-bond donors (Lipinski definition) is 0. The van der Waals surface area contributed by atoms with E-state index in [-0.39, 0.29) is 11.8 Å². The van der Waals surface area contributed by atoms with Crippen LogP contribution in [0.25, 0.3) is 0 Å². The Morgan fingerprint density at radius 1 is 0.828 bits per heavy atom. The largest absolute Gasteiger partial charge is 0.339 e. The number of carbonyl (C=O) groups excluding carboxylic acids is 2. The van der Waals surface area contributed by atoms with Crippen molar-refractivity contribution in [2.24, 2.45) is 0 Å². The molecule has 8 nitrogen and oxygen atoms in total. The number of aryl methyl sites for hydroxylation is 1. The molecule has 160 valence electrons. The van der Waals surface area contributed by atoms with Crippen molar-refractivity contribution < 1.29 is 18.0 Å². The minimum Gasteiger partial charge on any atom is -0.339 e. The molecule has 29 heavy (non-hydrogen) atoms. The molecule has 2 saturated heterocycles. The van der Waals surface area contributed by atoms with Crippen LogP contribution in [0.2, 0.25) is 0 Å². The van der Waals surface area contributed by atoms with Crippen LogP contribution >= 0.6 is 0 Å². The summed E-state index contributed by atoms with van der Waals surface area (Å²) in [5.41, 5.74) is 1.02. The van der Waals surface area contributed by atoms with Crippen molar-refractivity contribution >= 4 is 21.8 Å². The molecule has 3 rings (SSSR count). The summed E-state index contributed by atoms with van der Waals surface area (Å²) in [5, 5.41) is 0. The highest BCUT2D eigenvalue weighted by Crippen LogP contribution is 2.18. The molecule has 2 aliphatic heterocycles. The summed E-state index contributed by atoms with van der Waals surface area (Å²) in [5.74, 6) is 0.173. The number of nitrogens with zero attached hydrogens (tertiary/aromatic N) is 4. The smallest absolute Gasteiger partial charge is 0.243 e. The first-order chi connectivity index (χ1) is 13.8. The SMILES string of the molecule is CCC(=O)N1CCN(C(=O)CN2CCN(S(=O)(=O)c3ccc(C)cc3)CC2)CC1. The summed E-state index contributed by atoms with van der Waals surface area (Å²) >= 11 is 0. The minimum atomic E-state index is -3.49. The quantitative estimate of drug-likeness (QED) is 0.685. The van der Waals surface area contributed by atoms with Gasteiger partial charge in [0.1, 0.15) is 0 Å². The van der Waals surface area contributed by atoms with Crippen molar-refractivity contribution in [2.75, 3.05) is 58.9 Å². The van der Waals surface area contributed by atoms with Crippen LogP contribution in [0.1, 0.15) is 18.9 Å². The first-order valence-electron chi connectivity index (χ1n) is 10.2. The fraction of sp³-hybridized carbons (Fsp3) is 0.600. The molecule has 0 spiro atoms. The van der Waals surface area contributed by atoms with Crippen LogP contribution in [0.15, 0.2) is 29.2 Å². The molecule has 2 aliphatic rings. The number of amides is 2. The number of sulfonamides is 1. The molecule has 2 amide bonds. The molecule has 1 aromatic carbocycles. The number of rotatable bonds is 5. The molecule has 1 aromatic rings. The maximum absolute atomic E-state index is 12.8. The van der Waals surface area contributed by atoms with Gasteiger partial charge in [0.05, 0.1) is 11.4 Å². The Hall–Kier alpha value is -1.97. The minimum absolute atomic E-state index is 0.0449. The lowest BCUT2D eigenvalue weighted by molar-refractivity contribution is -0.140. The fourth-order valence-electron chi connectivity index (χ4n) is 3.71. The zero-order valence-corrected chi connectivity index (χ0v) is 18.0. The average Bonchev–Trinajstić information content (AvgIpc) is 2.74. The molecule has 0 aromatic heterocycles. The summed E-state index contributed by atoms with van der Waals surface area (Å²) in [7, 11) is -3.49. The van der Waals surface area contributed by atoms with Gasteiger partial charge in [0.15, 0.2) is 0 Å². The summed E-state index contributed by atoms with van der Waals surface area (Å²) < 4.78 is 27.1. The van der Waals surface area contributed by atoms with Gasteiger partial charge in [-0.25, -0.2) is 8.42 Å². The lowest BCUT2D eigenvalue weighted by Crippen LogP contribution is -2.55. The highest BCUT2D eigenvalue weighted by atomic mass is 32.2. The van der Waals surface area contributed by atoms with Crippen molar-refractivity contribution in [3.8, 4) is 0 Å². The third-order valence-corrected chi connectivity index (χ3v) is 7.55. The third kappa shape index (κ3) is 5.15. The molecule has 2 heterocycles. The highest BCUT2D eigenvalue weighted by molar-refractivity contribution is 7.89. The van der Waals surface area contributed by atoms with Crippen LogP contribution < -0.4 is 0 Å². The monoisotopic (exact) mass is 422 g/mol. The van der Waals surface area contributed by atoms with Gasteiger partial charge >= 0.3 is 0 Å². The maximum Gasteiger partial charge on any atom is 0.243 e. The lowest BCUT2D eigenvalue weighted by atomic mass is 10.2. The van der Waals surface area contributed by atoms with Gasteiger partial charge in [0, 0.05) is 58.8 Å². The lowest BCUT2D eigenvalue weighted by Gasteiger charge is -2.37. The predicted octanol–water partition coefficient (Wildman–Crippen LogP) is 0.382. The van der Waals surface area contributed by atoms with Gasteiger partial charge in [0.25, 0.3) is 0 Å². The molecule has 0 saturated carbocycles. The maximum atomic E-state index is 12.8. The van der Waals surface area contributed by atoms with Gasteiger partial charge in [-0.3, -0.25) is 14.5 Å². The van der Waals surface area contributed by atoms with Gasteiger partial charge < -0.3 is 9.80 Å². The van der Waals surface area contributed by atoms with Crippen molar-refractivity contribution in [1.29, 1.82) is 0 Å². The molecule has 0 unspecified atom stereocenters. The van der Waals surface area contributed by atoms with Gasteiger partial charge in [-0.1, -0.05) is 24.6 Å². The van der Waals surface area contributed by atoms with Crippen molar-refractivity contribution in [3.63, 3.8) is 0 Å². The molecule has 0 radical (unpaired) electrons. The van der Waals surface area contributed by atoms with Crippen molar-refractivity contribution in [3.05, 3.63) is 29.8 Å². The standard InChI is InChI=1S/C20H30N4O4S/c1-3-19(25)22-10-12-23(13-11-22)20(26)16-21-8-14-24(15-9-21)29(27,28)18-6-4-17(2)5-7-18/h4-7H,3,8-16H2,1-2H3. The zero-order chi connectivity index (χ0) is 21.0. The average molecular weight is 423 g/mol. The molecule has 0 atom stereocenters. The second-order valence-corrected chi connectivity index (χ2v) is 9.55. The number of piperazine rings is 2. The highest BCUT2D eigenvalue weighted by Gasteiger charge is 2.30. The van der Waals surface area contributed by atoms with Crippen LogP contribution in [0.3, 0.4) is 0 Å². The van der Waals surface area contributed by atoms with Crippen molar-refractivity contribution in [2.45, 2.75) is 25.2 Å². The Morgan fingerprint density at radius 2 is 1.34 bits per heavy atom. The van der Waals surface area contributed by atoms with Gasteiger partial charge in [0.2, 0.25) is 21.8 Å². The molecule has 9 heteroatoms. The molecular weight excluding hydrogens is 392 g/mol. The van der Waals surface area contributed by atoms with Crippen LogP contribution in [0, 0.1) is 6.92 Å². The summed E-state index contributed by atoms with van der Waals surface area (Å²) in [6.07, 6.45) is 0.490. The Labute approximate surface area is 173 Å². The molecule has 0 N–H and O–H groups in total. The molecule has 0 aliphatic carbocycles. The molecule has 2 fully saturated rings. The van der Waals surface area contributed by atoms with E-state index in [0.29, 0.717) is 70.2 Å². The topological polar surface area (TPSA) is 81.2 Å².